The minimum atomic E-state index is -1.97. The standard InChI is InChI=1S/C24H6F6N8.C22F6N6Se2.C22H6N6S2.C22H6N6Se2/c1-34-8(6-33)24-35-19-10-9-12(16(28)14(26)11(10)15(27)18(30)22(19)38(24)3)21-20(17(29)13(9)25)36-23(37(21)2)7(4-31)5-32;1-32-6(4-31)22-33-17-8-7-10(14(26)12(24)9(8)13(25)16(28)20(17)36-22)19-18(15(27)11(7)23)34-21(35-19)5(2-29)3-30;2*1-26-16(10-25)22-28-19-17(29-22)7-3-11-2-4-14-13(18(11)19)5-6-15-20(14)30-21(27-15)12(8-23)9-24/h2-3H3;;2*2-7H/b24-8-;22-6-;2*22-16-. The number of halogens is 12. The van der Waals surface area contributed by atoms with Crippen LogP contribution < -0.4 is 37.2 Å². The number of fused-ring (bicyclic) bond motifs is 28. The van der Waals surface area contributed by atoms with Crippen molar-refractivity contribution >= 4 is 294 Å². The summed E-state index contributed by atoms with van der Waals surface area (Å²) >= 11 is -0.287. The molecule has 0 radical (unpaired) electrons. The van der Waals surface area contributed by atoms with Crippen molar-refractivity contribution < 1.29 is 52.7 Å². The van der Waals surface area contributed by atoms with Crippen molar-refractivity contribution in [3.8, 4) is 72.8 Å². The average molecular weight is 2070 g/mol. The van der Waals surface area contributed by atoms with Gasteiger partial charge >= 0.3 is 394 Å². The predicted octanol–water partition coefficient (Wildman–Crippen LogP) is 12.1. The molecule has 134 heavy (non-hydrogen) atoms. The first kappa shape index (κ1) is 88.2. The molecule has 12 aromatic carbocycles. The molecule has 0 N–H and O–H groups in total. The quantitative estimate of drug-likeness (QED) is 0.0589. The third kappa shape index (κ3) is 13.2. The van der Waals surface area contributed by atoms with Crippen molar-refractivity contribution in [1.82, 2.24) is 49.0 Å². The van der Waals surface area contributed by atoms with Crippen LogP contribution in [0.2, 0.25) is 0 Å². The van der Waals surface area contributed by atoms with E-state index >= 15 is 48.3 Å². The summed E-state index contributed by atoms with van der Waals surface area (Å²) in [5, 5.41) is 110. The molecule has 44 heteroatoms. The van der Waals surface area contributed by atoms with E-state index in [0.29, 0.717) is 17.8 Å². The number of nitriles is 12. The van der Waals surface area contributed by atoms with Gasteiger partial charge in [-0.3, -0.25) is 0 Å². The molecule has 0 aliphatic carbocycles. The molecule has 0 amide bonds. The average Bonchev–Trinajstić information content (AvgIpc) is 1.41. The zero-order valence-corrected chi connectivity index (χ0v) is 74.0. The molecule has 0 spiro atoms. The molecule has 8 heterocycles. The molecule has 0 atom stereocenters. The second kappa shape index (κ2) is 34.0. The molecule has 0 saturated carbocycles. The van der Waals surface area contributed by atoms with Crippen LogP contribution >= 0.6 is 22.7 Å². The summed E-state index contributed by atoms with van der Waals surface area (Å²) in [6.45, 7) is 28.6. The molecule has 0 fully saturated rings. The van der Waals surface area contributed by atoms with Gasteiger partial charge < -0.3 is 9.13 Å². The van der Waals surface area contributed by atoms with Gasteiger partial charge in [0.05, 0.1) is 67.5 Å². The Morgan fingerprint density at radius 2 is 0.746 bits per heavy atom. The molecule has 0 bridgehead atoms. The fraction of sp³-hybridized carbons (Fsp3) is 0.0222. The zero-order valence-electron chi connectivity index (χ0n) is 65.5. The maximum atomic E-state index is 15.6. The van der Waals surface area contributed by atoms with Crippen molar-refractivity contribution in [2.24, 2.45) is 14.1 Å². The summed E-state index contributed by atoms with van der Waals surface area (Å²) in [7, 11) is 2.23. The van der Waals surface area contributed by atoms with E-state index in [2.05, 4.69) is 66.4 Å². The number of imidazole rings is 2. The van der Waals surface area contributed by atoms with Gasteiger partial charge in [0, 0.05) is 35.6 Å². The van der Waals surface area contributed by atoms with Crippen LogP contribution in [0.3, 0.4) is 0 Å². The van der Waals surface area contributed by atoms with Crippen molar-refractivity contribution in [1.29, 1.82) is 63.1 Å². The SMILES string of the molecule is [C-]#[N+]/C(C#N)=c1/nc2c([se]1)c(F)c(F)c1c(F)c(F)c3c4[se]c(=C(C#N)C#N)nc4c(F)c(F)c3c12.[C-]#[N+]/C(C#N)=c1/nc2c(ccc3ccc4c(ccc5nc(=C(C#N)C#N)[se]c54)c32)[se]1.[C-]#[N+]/C(C#N)=c1/nc2c(ccc3ccc4c(ccc5nc(=C(C#N)C#N)sc54)c32)s1.[C-]#[N+]/C(C#N)=c1/nc2c3c(c(F)c(F)c4c3c(F)c(F)c3nc(=C(C#N)C#N)n(C)c34)c(F)c(F)c2n1C. The molecule has 0 aliphatic heterocycles. The number of aromatic nitrogens is 10. The second-order valence-electron chi connectivity index (χ2n) is 27.5. The Labute approximate surface area is 765 Å². The summed E-state index contributed by atoms with van der Waals surface area (Å²) in [6, 6.07) is 44.6. The Morgan fingerprint density at radius 1 is 0.299 bits per heavy atom. The van der Waals surface area contributed by atoms with E-state index in [1.165, 1.54) is 53.0 Å². The number of benzene rings is 12. The first-order chi connectivity index (χ1) is 64.6. The number of aryl methyl sites for hydroxylation is 2. The molecule has 0 saturated heterocycles. The van der Waals surface area contributed by atoms with Crippen LogP contribution in [-0.4, -0.2) is 107 Å². The minimum Gasteiger partial charge on any atom is -0.333 e. The first-order valence-electron chi connectivity index (χ1n) is 36.5. The van der Waals surface area contributed by atoms with Gasteiger partial charge in [0.25, 0.3) is 5.70 Å². The van der Waals surface area contributed by atoms with E-state index in [0.717, 1.165) is 106 Å². The van der Waals surface area contributed by atoms with Crippen molar-refractivity contribution in [3.05, 3.63) is 225 Å². The number of hydrogen-bond donors (Lipinski definition) is 0. The van der Waals surface area contributed by atoms with Crippen LogP contribution in [0, 0.1) is 232 Å². The second-order valence-corrected chi connectivity index (χ2v) is 38.0. The Balaban J connectivity index is 0.000000125. The van der Waals surface area contributed by atoms with E-state index in [9.17, 15) is 41.2 Å². The molecular formula is C90H18F12N26S2Se4. The Hall–Kier alpha value is -17.8. The Morgan fingerprint density at radius 3 is 1.34 bits per heavy atom. The van der Waals surface area contributed by atoms with Gasteiger partial charge in [-0.2, -0.15) is 21.0 Å². The van der Waals surface area contributed by atoms with E-state index in [4.69, 9.17) is 57.6 Å². The maximum Gasteiger partial charge on any atom is 0.303 e. The van der Waals surface area contributed by atoms with Gasteiger partial charge in [-0.25, -0.2) is 66.5 Å². The predicted molar refractivity (Wildman–Crippen MR) is 467 cm³/mol. The monoisotopic (exact) mass is 2070 g/mol. The molecule has 0 unspecified atom stereocenters. The van der Waals surface area contributed by atoms with Crippen LogP contribution in [0.1, 0.15) is 0 Å². The fourth-order valence-corrected chi connectivity index (χ4v) is 25.4. The summed E-state index contributed by atoms with van der Waals surface area (Å²) in [6.07, 6.45) is 0. The summed E-state index contributed by atoms with van der Waals surface area (Å²) in [5.41, 5.74) is -4.35. The molecule has 20 aromatic rings. The largest absolute Gasteiger partial charge is 0.333 e. The summed E-state index contributed by atoms with van der Waals surface area (Å²) < 4.78 is 189. The van der Waals surface area contributed by atoms with Crippen LogP contribution in [0.25, 0.3) is 232 Å². The number of nitrogens with zero attached hydrogens (tertiary/aromatic N) is 26. The third-order valence-electron chi connectivity index (χ3n) is 20.8. The number of hydrogen-bond acceptors (Lipinski definition) is 22. The fourth-order valence-electron chi connectivity index (χ4n) is 15.2. The maximum absolute atomic E-state index is 15.6. The van der Waals surface area contributed by atoms with E-state index in [1.807, 2.05) is 97.1 Å². The zero-order chi connectivity index (χ0) is 95.5. The van der Waals surface area contributed by atoms with Crippen LogP contribution in [-0.2, 0) is 14.1 Å². The Kier molecular flexibility index (Phi) is 22.4. The van der Waals surface area contributed by atoms with Crippen molar-refractivity contribution in [2.75, 3.05) is 0 Å². The van der Waals surface area contributed by atoms with Gasteiger partial charge in [-0.05, 0) is 22.9 Å². The van der Waals surface area contributed by atoms with Gasteiger partial charge in [-0.1, -0.05) is 24.3 Å². The van der Waals surface area contributed by atoms with E-state index < -0.39 is 213 Å². The van der Waals surface area contributed by atoms with Crippen molar-refractivity contribution in [3.63, 3.8) is 0 Å². The topological polar surface area (TPSA) is 416 Å². The van der Waals surface area contributed by atoms with Gasteiger partial charge in [0.1, 0.15) is 50.1 Å². The molecular weight excluding hydrogens is 2050 g/mol. The number of thiazole rings is 2. The van der Waals surface area contributed by atoms with E-state index in [-0.39, 0.29) is 64.3 Å². The molecule has 20 rings (SSSR count). The van der Waals surface area contributed by atoms with Crippen LogP contribution in [0.4, 0.5) is 52.7 Å². The molecule has 628 valence electrons. The summed E-state index contributed by atoms with van der Waals surface area (Å²) in [5.74, 6) is -21.7. The first-order valence-corrected chi connectivity index (χ1v) is 45.0. The van der Waals surface area contributed by atoms with Gasteiger partial charge in [0.15, 0.2) is 51.5 Å². The summed E-state index contributed by atoms with van der Waals surface area (Å²) in [4.78, 5) is 46.1. The van der Waals surface area contributed by atoms with Gasteiger partial charge in [0.2, 0.25) is 0 Å². The molecule has 8 aromatic heterocycles. The van der Waals surface area contributed by atoms with Crippen molar-refractivity contribution in [2.45, 2.75) is 0 Å². The van der Waals surface area contributed by atoms with E-state index in [1.54, 1.807) is 6.07 Å². The third-order valence-corrected chi connectivity index (χ3v) is 32.0. The molecule has 26 nitrogen and oxygen atoms in total. The number of rotatable bonds is 0. The van der Waals surface area contributed by atoms with Crippen LogP contribution in [0.15, 0.2) is 72.8 Å². The van der Waals surface area contributed by atoms with Crippen LogP contribution in [0.5, 0.6) is 0 Å². The Bertz CT molecular complexity index is 10100. The van der Waals surface area contributed by atoms with Gasteiger partial charge in [-0.15, -0.1) is 22.7 Å². The minimum absolute atomic E-state index is 0.00427. The normalized spacial score (nSPS) is 11.9. The smallest absolute Gasteiger partial charge is 0.303 e. The molecule has 0 aliphatic rings.